The summed E-state index contributed by atoms with van der Waals surface area (Å²) in [6.45, 7) is 0.0178. The summed E-state index contributed by atoms with van der Waals surface area (Å²) < 4.78 is 22.6. The number of ether oxygens (including phenoxy) is 2. The Balaban J connectivity index is 2.59. The third kappa shape index (κ3) is 3.71. The number of halogens is 1. The standard InChI is InChI=1S/C10H10FNO5/c1-16-10(13)4-5-17-7-2-3-9(12(14)15)8(11)6-7/h2-3,6H,4-5H2,1H3. The molecule has 0 radical (unpaired) electrons. The molecule has 1 rings (SSSR count). The maximum atomic E-state index is 13.1. The molecule has 0 saturated carbocycles. The SMILES string of the molecule is COC(=O)CCOc1ccc([N+](=O)[O-])c(F)c1. The number of nitro groups is 1. The number of benzene rings is 1. The summed E-state index contributed by atoms with van der Waals surface area (Å²) in [5.41, 5.74) is -0.620. The zero-order valence-electron chi connectivity index (χ0n) is 9.01. The molecule has 0 aromatic heterocycles. The lowest BCUT2D eigenvalue weighted by atomic mass is 10.3. The molecule has 0 N–H and O–H groups in total. The number of methoxy groups -OCH3 is 1. The fourth-order valence-electron chi connectivity index (χ4n) is 1.08. The van der Waals surface area contributed by atoms with Gasteiger partial charge in [-0.1, -0.05) is 0 Å². The van der Waals surface area contributed by atoms with E-state index >= 15 is 0 Å². The average Bonchev–Trinajstić information content (AvgIpc) is 2.28. The van der Waals surface area contributed by atoms with Crippen LogP contribution in [0.2, 0.25) is 0 Å². The van der Waals surface area contributed by atoms with Crippen LogP contribution in [-0.2, 0) is 9.53 Å². The number of nitro benzene ring substituents is 1. The van der Waals surface area contributed by atoms with E-state index in [9.17, 15) is 19.3 Å². The minimum Gasteiger partial charge on any atom is -0.493 e. The van der Waals surface area contributed by atoms with Gasteiger partial charge in [0.05, 0.1) is 25.1 Å². The molecule has 0 fully saturated rings. The molecule has 0 saturated heterocycles. The highest BCUT2D eigenvalue weighted by molar-refractivity contribution is 5.69. The van der Waals surface area contributed by atoms with E-state index in [0.29, 0.717) is 0 Å². The van der Waals surface area contributed by atoms with Gasteiger partial charge in [-0.05, 0) is 6.07 Å². The molecule has 92 valence electrons. The Labute approximate surface area is 96.1 Å². The van der Waals surface area contributed by atoms with Crippen LogP contribution >= 0.6 is 0 Å². The van der Waals surface area contributed by atoms with Gasteiger partial charge in [-0.15, -0.1) is 0 Å². The van der Waals surface area contributed by atoms with Gasteiger partial charge in [0.2, 0.25) is 5.82 Å². The molecular weight excluding hydrogens is 233 g/mol. The van der Waals surface area contributed by atoms with Crippen LogP contribution in [0.15, 0.2) is 18.2 Å². The van der Waals surface area contributed by atoms with Crippen LogP contribution in [0, 0.1) is 15.9 Å². The Kier molecular flexibility index (Phi) is 4.38. The normalized spacial score (nSPS) is 9.76. The van der Waals surface area contributed by atoms with Crippen molar-refractivity contribution in [3.8, 4) is 5.75 Å². The van der Waals surface area contributed by atoms with Crippen molar-refractivity contribution in [1.29, 1.82) is 0 Å². The van der Waals surface area contributed by atoms with Gasteiger partial charge in [-0.3, -0.25) is 14.9 Å². The molecule has 0 bridgehead atoms. The largest absolute Gasteiger partial charge is 0.493 e. The Morgan fingerprint density at radius 1 is 1.53 bits per heavy atom. The van der Waals surface area contributed by atoms with E-state index in [1.165, 1.54) is 13.2 Å². The molecule has 6 nitrogen and oxygen atoms in total. The maximum absolute atomic E-state index is 13.1. The lowest BCUT2D eigenvalue weighted by molar-refractivity contribution is -0.387. The van der Waals surface area contributed by atoms with Gasteiger partial charge in [0, 0.05) is 12.1 Å². The number of rotatable bonds is 5. The highest BCUT2D eigenvalue weighted by Gasteiger charge is 2.14. The van der Waals surface area contributed by atoms with Gasteiger partial charge in [0.25, 0.3) is 0 Å². The van der Waals surface area contributed by atoms with Crippen molar-refractivity contribution in [2.75, 3.05) is 13.7 Å². The Hall–Kier alpha value is -2.18. The van der Waals surface area contributed by atoms with E-state index < -0.39 is 22.4 Å². The summed E-state index contributed by atoms with van der Waals surface area (Å²) >= 11 is 0. The topological polar surface area (TPSA) is 78.7 Å². The molecule has 7 heteroatoms. The highest BCUT2D eigenvalue weighted by atomic mass is 19.1. The van der Waals surface area contributed by atoms with Crippen LogP contribution in [0.3, 0.4) is 0 Å². The second-order valence-electron chi connectivity index (χ2n) is 3.04. The van der Waals surface area contributed by atoms with Crippen molar-refractivity contribution < 1.29 is 23.6 Å². The van der Waals surface area contributed by atoms with E-state index in [-0.39, 0.29) is 18.8 Å². The summed E-state index contributed by atoms with van der Waals surface area (Å²) in [5, 5.41) is 10.3. The molecule has 0 heterocycles. The first-order valence-electron chi connectivity index (χ1n) is 4.68. The first-order valence-corrected chi connectivity index (χ1v) is 4.68. The predicted octanol–water partition coefficient (Wildman–Crippen LogP) is 1.68. The third-order valence-electron chi connectivity index (χ3n) is 1.92. The summed E-state index contributed by atoms with van der Waals surface area (Å²) in [7, 11) is 1.24. The quantitative estimate of drug-likeness (QED) is 0.446. The van der Waals surface area contributed by atoms with Gasteiger partial charge in [0.1, 0.15) is 5.75 Å². The van der Waals surface area contributed by atoms with Crippen LogP contribution in [0.5, 0.6) is 5.75 Å². The molecule has 1 aromatic rings. The summed E-state index contributed by atoms with van der Waals surface area (Å²) in [6.07, 6.45) is 0.0229. The lowest BCUT2D eigenvalue weighted by Gasteiger charge is -2.05. The summed E-state index contributed by atoms with van der Waals surface area (Å²) in [5.74, 6) is -1.31. The van der Waals surface area contributed by atoms with E-state index in [1.54, 1.807) is 0 Å². The fourth-order valence-corrected chi connectivity index (χ4v) is 1.08. The molecular formula is C10H10FNO5. The monoisotopic (exact) mass is 243 g/mol. The molecule has 0 atom stereocenters. The Morgan fingerprint density at radius 3 is 2.76 bits per heavy atom. The second kappa shape index (κ2) is 5.78. The number of carbonyl (C=O) groups excluding carboxylic acids is 1. The van der Waals surface area contributed by atoms with E-state index in [0.717, 1.165) is 12.1 Å². The summed E-state index contributed by atoms with van der Waals surface area (Å²) in [4.78, 5) is 20.3. The highest BCUT2D eigenvalue weighted by Crippen LogP contribution is 2.22. The molecule has 17 heavy (non-hydrogen) atoms. The Bertz CT molecular complexity index is 435. The minimum absolute atomic E-state index is 0.0178. The third-order valence-corrected chi connectivity index (χ3v) is 1.92. The van der Waals surface area contributed by atoms with E-state index in [4.69, 9.17) is 4.74 Å². The number of esters is 1. The van der Waals surface area contributed by atoms with Gasteiger partial charge in [-0.2, -0.15) is 4.39 Å². The van der Waals surface area contributed by atoms with Gasteiger partial charge in [-0.25, -0.2) is 0 Å². The molecule has 0 unspecified atom stereocenters. The van der Waals surface area contributed by atoms with Crippen LogP contribution < -0.4 is 4.74 Å². The minimum atomic E-state index is -0.981. The fraction of sp³-hybridized carbons (Fsp3) is 0.300. The zero-order valence-corrected chi connectivity index (χ0v) is 9.01. The van der Waals surface area contributed by atoms with Gasteiger partial charge < -0.3 is 9.47 Å². The van der Waals surface area contributed by atoms with Crippen molar-refractivity contribution in [2.45, 2.75) is 6.42 Å². The first kappa shape index (κ1) is 12.9. The average molecular weight is 243 g/mol. The maximum Gasteiger partial charge on any atom is 0.308 e. The summed E-state index contributed by atoms with van der Waals surface area (Å²) in [6, 6.07) is 3.16. The predicted molar refractivity (Wildman–Crippen MR) is 55.2 cm³/mol. The lowest BCUT2D eigenvalue weighted by Crippen LogP contribution is -2.07. The Morgan fingerprint density at radius 2 is 2.24 bits per heavy atom. The molecule has 0 amide bonds. The van der Waals surface area contributed by atoms with Crippen LogP contribution in [0.4, 0.5) is 10.1 Å². The molecule has 0 spiro atoms. The van der Waals surface area contributed by atoms with E-state index in [2.05, 4.69) is 4.74 Å². The number of carbonyl (C=O) groups is 1. The van der Waals surface area contributed by atoms with Gasteiger partial charge >= 0.3 is 11.7 Å². The van der Waals surface area contributed by atoms with Crippen molar-refractivity contribution in [2.24, 2.45) is 0 Å². The molecule has 0 aliphatic rings. The first-order chi connectivity index (χ1) is 8.04. The number of hydrogen-bond donors (Lipinski definition) is 0. The zero-order chi connectivity index (χ0) is 12.8. The molecule has 0 aliphatic heterocycles. The number of nitrogens with zero attached hydrogens (tertiary/aromatic N) is 1. The van der Waals surface area contributed by atoms with Crippen molar-refractivity contribution >= 4 is 11.7 Å². The smallest absolute Gasteiger partial charge is 0.308 e. The van der Waals surface area contributed by atoms with Crippen LogP contribution in [0.25, 0.3) is 0 Å². The van der Waals surface area contributed by atoms with Gasteiger partial charge in [0.15, 0.2) is 0 Å². The molecule has 1 aromatic carbocycles. The van der Waals surface area contributed by atoms with Crippen LogP contribution in [0.1, 0.15) is 6.42 Å². The molecule has 0 aliphatic carbocycles. The second-order valence-corrected chi connectivity index (χ2v) is 3.04. The van der Waals surface area contributed by atoms with E-state index in [1.807, 2.05) is 0 Å². The van der Waals surface area contributed by atoms with Crippen molar-refractivity contribution in [3.05, 3.63) is 34.1 Å². The van der Waals surface area contributed by atoms with Crippen molar-refractivity contribution in [3.63, 3.8) is 0 Å². The van der Waals surface area contributed by atoms with Crippen LogP contribution in [-0.4, -0.2) is 24.6 Å². The number of hydrogen-bond acceptors (Lipinski definition) is 5. The van der Waals surface area contributed by atoms with Crippen molar-refractivity contribution in [1.82, 2.24) is 0 Å².